The molecule has 0 spiro atoms. The number of carbonyl (C=O) groups is 1. The lowest BCUT2D eigenvalue weighted by Gasteiger charge is -2.07. The van der Waals surface area contributed by atoms with Gasteiger partial charge in [-0.05, 0) is 11.1 Å². The maximum Gasteiger partial charge on any atom is 0.309 e. The first kappa shape index (κ1) is 16.6. The zero-order chi connectivity index (χ0) is 17.8. The van der Waals surface area contributed by atoms with Gasteiger partial charge in [0.2, 0.25) is 5.43 Å². The van der Waals surface area contributed by atoms with Gasteiger partial charge in [0.05, 0.1) is 25.9 Å². The van der Waals surface area contributed by atoms with E-state index in [-0.39, 0.29) is 17.8 Å². The van der Waals surface area contributed by atoms with Crippen LogP contribution in [0.5, 0.6) is 0 Å². The lowest BCUT2D eigenvalue weighted by molar-refractivity contribution is -0.139. The number of hydrogen-bond donors (Lipinski definition) is 0. The van der Waals surface area contributed by atoms with E-state index >= 15 is 0 Å². The Morgan fingerprint density at radius 2 is 2.04 bits per heavy atom. The number of nitrogens with zero attached hydrogens (tertiary/aromatic N) is 4. The van der Waals surface area contributed by atoms with E-state index in [1.165, 1.54) is 13.2 Å². The van der Waals surface area contributed by atoms with Gasteiger partial charge in [-0.25, -0.2) is 4.68 Å². The third-order valence-electron chi connectivity index (χ3n) is 3.77. The fraction of sp³-hybridized carbons (Fsp3) is 0.222. The molecule has 0 saturated carbocycles. The first-order valence-corrected chi connectivity index (χ1v) is 7.77. The van der Waals surface area contributed by atoms with Crippen molar-refractivity contribution in [2.75, 3.05) is 7.11 Å². The topological polar surface area (TPSA) is 79.0 Å². The van der Waals surface area contributed by atoms with Crippen LogP contribution in [0.2, 0.25) is 0 Å². The van der Waals surface area contributed by atoms with Gasteiger partial charge in [-0.3, -0.25) is 14.3 Å². The van der Waals surface area contributed by atoms with Crippen LogP contribution in [0, 0.1) is 0 Å². The van der Waals surface area contributed by atoms with Crippen LogP contribution in [-0.4, -0.2) is 32.6 Å². The summed E-state index contributed by atoms with van der Waals surface area (Å²) in [5.41, 5.74) is 2.84. The predicted molar refractivity (Wildman–Crippen MR) is 91.6 cm³/mol. The van der Waals surface area contributed by atoms with E-state index in [4.69, 9.17) is 0 Å². The minimum absolute atomic E-state index is 0.126. The lowest BCUT2D eigenvalue weighted by atomic mass is 10.0. The molecule has 0 atom stereocenters. The van der Waals surface area contributed by atoms with Gasteiger partial charge >= 0.3 is 5.97 Å². The second kappa shape index (κ2) is 7.12. The molecule has 0 N–H and O–H groups in total. The summed E-state index contributed by atoms with van der Waals surface area (Å²) in [5, 5.41) is 8.53. The number of aryl methyl sites for hydroxylation is 1. The molecule has 0 aliphatic rings. The van der Waals surface area contributed by atoms with E-state index in [0.717, 1.165) is 16.8 Å². The van der Waals surface area contributed by atoms with E-state index in [0.29, 0.717) is 12.1 Å². The van der Waals surface area contributed by atoms with Gasteiger partial charge in [-0.1, -0.05) is 24.3 Å². The highest BCUT2D eigenvalue weighted by atomic mass is 16.5. The highest BCUT2D eigenvalue weighted by Crippen LogP contribution is 2.10. The molecule has 128 valence electrons. The van der Waals surface area contributed by atoms with Crippen LogP contribution < -0.4 is 5.43 Å². The highest BCUT2D eigenvalue weighted by Gasteiger charge is 2.08. The van der Waals surface area contributed by atoms with Gasteiger partial charge in [0.25, 0.3) is 0 Å². The van der Waals surface area contributed by atoms with Gasteiger partial charge in [0.15, 0.2) is 0 Å². The molecule has 0 radical (unpaired) electrons. The smallest absolute Gasteiger partial charge is 0.309 e. The maximum absolute atomic E-state index is 12.2. The van der Waals surface area contributed by atoms with Crippen molar-refractivity contribution in [3.63, 3.8) is 0 Å². The van der Waals surface area contributed by atoms with Gasteiger partial charge in [0, 0.05) is 25.7 Å². The summed E-state index contributed by atoms with van der Waals surface area (Å²) in [6.45, 7) is 0. The van der Waals surface area contributed by atoms with Crippen LogP contribution in [0.15, 0.2) is 53.7 Å². The van der Waals surface area contributed by atoms with Crippen molar-refractivity contribution in [1.29, 1.82) is 0 Å². The molecule has 3 aromatic rings. The number of esters is 1. The fourth-order valence-electron chi connectivity index (χ4n) is 2.52. The molecular formula is C18H18N4O3. The molecule has 1 aromatic carbocycles. The van der Waals surface area contributed by atoms with Gasteiger partial charge < -0.3 is 4.74 Å². The zero-order valence-electron chi connectivity index (χ0n) is 14.0. The van der Waals surface area contributed by atoms with Crippen molar-refractivity contribution in [2.24, 2.45) is 7.05 Å². The summed E-state index contributed by atoms with van der Waals surface area (Å²) in [6.07, 6.45) is 5.70. The number of rotatable bonds is 5. The molecule has 7 heteroatoms. The molecule has 0 unspecified atom stereocenters. The normalized spacial score (nSPS) is 10.6. The Balaban J connectivity index is 1.86. The second-order valence-electron chi connectivity index (χ2n) is 5.69. The first-order chi connectivity index (χ1) is 12.0. The van der Waals surface area contributed by atoms with E-state index < -0.39 is 0 Å². The van der Waals surface area contributed by atoms with Crippen molar-refractivity contribution in [3.8, 4) is 5.69 Å². The lowest BCUT2D eigenvalue weighted by Crippen LogP contribution is -2.16. The third kappa shape index (κ3) is 4.00. The van der Waals surface area contributed by atoms with Gasteiger partial charge in [-0.15, -0.1) is 0 Å². The van der Waals surface area contributed by atoms with Crippen LogP contribution in [0.1, 0.15) is 16.8 Å². The van der Waals surface area contributed by atoms with Crippen molar-refractivity contribution in [3.05, 3.63) is 76.0 Å². The standard InChI is InChI=1S/C18H18N4O3/c1-21-12-15(11-19-21)22-7-6-17(23)16(20-22)9-13-4-3-5-14(8-13)10-18(24)25-2/h3-8,11-12H,9-10H2,1-2H3. The minimum atomic E-state index is -0.297. The maximum atomic E-state index is 12.2. The van der Waals surface area contributed by atoms with Gasteiger partial charge in [-0.2, -0.15) is 10.2 Å². The summed E-state index contributed by atoms with van der Waals surface area (Å²) in [5.74, 6) is -0.297. The summed E-state index contributed by atoms with van der Waals surface area (Å²) in [4.78, 5) is 23.6. The molecule has 0 aliphatic carbocycles. The van der Waals surface area contributed by atoms with Gasteiger partial charge in [0.1, 0.15) is 11.4 Å². The molecular weight excluding hydrogens is 320 g/mol. The van der Waals surface area contributed by atoms with E-state index in [1.54, 1.807) is 21.8 Å². The predicted octanol–water partition coefficient (Wildman–Crippen LogP) is 1.27. The van der Waals surface area contributed by atoms with Crippen molar-refractivity contribution in [2.45, 2.75) is 12.8 Å². The highest BCUT2D eigenvalue weighted by molar-refractivity contribution is 5.72. The first-order valence-electron chi connectivity index (χ1n) is 7.77. The quantitative estimate of drug-likeness (QED) is 0.655. The third-order valence-corrected chi connectivity index (χ3v) is 3.77. The Kier molecular flexibility index (Phi) is 4.74. The van der Waals surface area contributed by atoms with Crippen LogP contribution in [0.4, 0.5) is 0 Å². The molecule has 0 amide bonds. The molecule has 2 heterocycles. The van der Waals surface area contributed by atoms with E-state index in [1.807, 2.05) is 37.5 Å². The zero-order valence-corrected chi connectivity index (χ0v) is 14.0. The molecule has 0 bridgehead atoms. The van der Waals surface area contributed by atoms with Crippen LogP contribution in [0.3, 0.4) is 0 Å². The average Bonchev–Trinajstić information content (AvgIpc) is 3.03. The molecule has 2 aromatic heterocycles. The number of hydrogen-bond acceptors (Lipinski definition) is 5. The number of ether oxygens (including phenoxy) is 1. The molecule has 3 rings (SSSR count). The summed E-state index contributed by atoms with van der Waals surface area (Å²) >= 11 is 0. The van der Waals surface area contributed by atoms with Crippen molar-refractivity contribution < 1.29 is 9.53 Å². The monoisotopic (exact) mass is 338 g/mol. The van der Waals surface area contributed by atoms with Crippen LogP contribution in [0.25, 0.3) is 5.69 Å². The Labute approximate surface area is 144 Å². The molecule has 0 saturated heterocycles. The summed E-state index contributed by atoms with van der Waals surface area (Å²) in [7, 11) is 3.18. The Morgan fingerprint density at radius 3 is 2.76 bits per heavy atom. The fourth-order valence-corrected chi connectivity index (χ4v) is 2.52. The Bertz CT molecular complexity index is 959. The van der Waals surface area contributed by atoms with E-state index in [2.05, 4.69) is 14.9 Å². The van der Waals surface area contributed by atoms with Crippen molar-refractivity contribution in [1.82, 2.24) is 19.6 Å². The molecule has 7 nitrogen and oxygen atoms in total. The molecule has 25 heavy (non-hydrogen) atoms. The van der Waals surface area contributed by atoms with Crippen LogP contribution in [-0.2, 0) is 29.4 Å². The number of carbonyl (C=O) groups excluding carboxylic acids is 1. The number of aromatic nitrogens is 4. The number of methoxy groups -OCH3 is 1. The Morgan fingerprint density at radius 1 is 1.24 bits per heavy atom. The SMILES string of the molecule is COC(=O)Cc1cccc(Cc2nn(-c3cnn(C)c3)ccc2=O)c1. The minimum Gasteiger partial charge on any atom is -0.469 e. The Hall–Kier alpha value is -3.22. The summed E-state index contributed by atoms with van der Waals surface area (Å²) < 4.78 is 7.98. The van der Waals surface area contributed by atoms with Crippen molar-refractivity contribution >= 4 is 5.97 Å². The average molecular weight is 338 g/mol. The largest absolute Gasteiger partial charge is 0.469 e. The second-order valence-corrected chi connectivity index (χ2v) is 5.69. The van der Waals surface area contributed by atoms with Crippen LogP contribution >= 0.6 is 0 Å². The summed E-state index contributed by atoms with van der Waals surface area (Å²) in [6, 6.07) is 9.00. The molecule has 0 aliphatic heterocycles. The molecule has 0 fully saturated rings. The van der Waals surface area contributed by atoms with E-state index in [9.17, 15) is 9.59 Å². The number of benzene rings is 1.